The number of ether oxygens (including phenoxy) is 1. The molecule has 3 rings (SSSR count). The summed E-state index contributed by atoms with van der Waals surface area (Å²) in [6.07, 6.45) is 1.60. The number of para-hydroxylation sites is 1. The first-order chi connectivity index (χ1) is 13.6. The number of carbonyl (C=O) groups is 2. The molecular formula is C21H21N3O4. The Morgan fingerprint density at radius 3 is 2.75 bits per heavy atom. The van der Waals surface area contributed by atoms with Gasteiger partial charge in [-0.1, -0.05) is 41.9 Å². The van der Waals surface area contributed by atoms with Gasteiger partial charge < -0.3 is 14.6 Å². The monoisotopic (exact) mass is 379 g/mol. The normalized spacial score (nSPS) is 10.5. The van der Waals surface area contributed by atoms with E-state index in [1.165, 1.54) is 0 Å². The van der Waals surface area contributed by atoms with Crippen molar-refractivity contribution in [2.75, 3.05) is 5.32 Å². The van der Waals surface area contributed by atoms with E-state index in [1.807, 2.05) is 26.0 Å². The number of benzene rings is 2. The van der Waals surface area contributed by atoms with Crippen molar-refractivity contribution in [3.8, 4) is 0 Å². The van der Waals surface area contributed by atoms with Crippen LogP contribution in [0.2, 0.25) is 0 Å². The van der Waals surface area contributed by atoms with Gasteiger partial charge >= 0.3 is 5.97 Å². The molecule has 2 aromatic carbocycles. The SMILES string of the molecule is CCCc1noc(COC(=O)c2ccccc2NC(=O)c2cccc(C)c2)n1. The Hall–Kier alpha value is -3.48. The minimum absolute atomic E-state index is 0.129. The number of carbonyl (C=O) groups excluding carboxylic acids is 2. The highest BCUT2D eigenvalue weighted by atomic mass is 16.6. The fourth-order valence-electron chi connectivity index (χ4n) is 2.63. The molecule has 0 fully saturated rings. The molecule has 7 heteroatoms. The summed E-state index contributed by atoms with van der Waals surface area (Å²) in [5.41, 5.74) is 2.10. The molecule has 0 saturated carbocycles. The van der Waals surface area contributed by atoms with Crippen LogP contribution in [0.15, 0.2) is 53.1 Å². The van der Waals surface area contributed by atoms with Gasteiger partial charge in [-0.25, -0.2) is 4.79 Å². The second-order valence-corrected chi connectivity index (χ2v) is 6.30. The molecule has 0 aliphatic carbocycles. The number of nitrogens with one attached hydrogen (secondary N) is 1. The number of rotatable bonds is 7. The summed E-state index contributed by atoms with van der Waals surface area (Å²) < 4.78 is 10.3. The maximum absolute atomic E-state index is 12.5. The third-order valence-electron chi connectivity index (χ3n) is 3.99. The van der Waals surface area contributed by atoms with Crippen molar-refractivity contribution in [3.63, 3.8) is 0 Å². The standard InChI is InChI=1S/C21H21N3O4/c1-3-7-18-23-19(28-24-18)13-27-21(26)16-10-4-5-11-17(16)22-20(25)15-9-6-8-14(2)12-15/h4-6,8-12H,3,7,13H2,1-2H3,(H,22,25). The van der Waals surface area contributed by atoms with E-state index in [9.17, 15) is 9.59 Å². The van der Waals surface area contributed by atoms with E-state index in [1.54, 1.807) is 36.4 Å². The number of esters is 1. The average molecular weight is 379 g/mol. The zero-order chi connectivity index (χ0) is 19.9. The van der Waals surface area contributed by atoms with Crippen LogP contribution in [0.1, 0.15) is 51.3 Å². The third kappa shape index (κ3) is 4.82. The van der Waals surface area contributed by atoms with E-state index >= 15 is 0 Å². The van der Waals surface area contributed by atoms with Gasteiger partial charge in [-0.3, -0.25) is 4.79 Å². The smallest absolute Gasteiger partial charge is 0.340 e. The van der Waals surface area contributed by atoms with Gasteiger partial charge in [-0.05, 0) is 37.6 Å². The second kappa shape index (κ2) is 8.94. The molecule has 7 nitrogen and oxygen atoms in total. The lowest BCUT2D eigenvalue weighted by Crippen LogP contribution is -2.16. The van der Waals surface area contributed by atoms with E-state index < -0.39 is 5.97 Å². The molecule has 0 atom stereocenters. The summed E-state index contributed by atoms with van der Waals surface area (Å²) >= 11 is 0. The van der Waals surface area contributed by atoms with E-state index in [0.717, 1.165) is 12.0 Å². The zero-order valence-corrected chi connectivity index (χ0v) is 15.8. The Bertz CT molecular complexity index is 981. The van der Waals surface area contributed by atoms with Gasteiger partial charge in [0.25, 0.3) is 11.8 Å². The highest BCUT2D eigenvalue weighted by molar-refractivity contribution is 6.08. The lowest BCUT2D eigenvalue weighted by atomic mass is 10.1. The van der Waals surface area contributed by atoms with Crippen molar-refractivity contribution in [1.82, 2.24) is 10.1 Å². The van der Waals surface area contributed by atoms with Gasteiger partial charge in [0.15, 0.2) is 12.4 Å². The zero-order valence-electron chi connectivity index (χ0n) is 15.8. The van der Waals surface area contributed by atoms with Crippen LogP contribution < -0.4 is 5.32 Å². The van der Waals surface area contributed by atoms with E-state index in [-0.39, 0.29) is 24.0 Å². The fourth-order valence-corrected chi connectivity index (χ4v) is 2.63. The van der Waals surface area contributed by atoms with Crippen LogP contribution in [-0.2, 0) is 17.8 Å². The number of amides is 1. The lowest BCUT2D eigenvalue weighted by molar-refractivity contribution is 0.0431. The average Bonchev–Trinajstić information content (AvgIpc) is 3.14. The molecule has 1 N–H and O–H groups in total. The van der Waals surface area contributed by atoms with Crippen LogP contribution in [-0.4, -0.2) is 22.0 Å². The van der Waals surface area contributed by atoms with Crippen molar-refractivity contribution in [2.24, 2.45) is 0 Å². The quantitative estimate of drug-likeness (QED) is 0.625. The summed E-state index contributed by atoms with van der Waals surface area (Å²) in [6, 6.07) is 13.9. The fraction of sp³-hybridized carbons (Fsp3) is 0.238. The van der Waals surface area contributed by atoms with Crippen LogP contribution >= 0.6 is 0 Å². The first-order valence-electron chi connectivity index (χ1n) is 9.02. The van der Waals surface area contributed by atoms with Crippen molar-refractivity contribution < 1.29 is 18.8 Å². The van der Waals surface area contributed by atoms with Crippen molar-refractivity contribution in [3.05, 3.63) is 76.9 Å². The van der Waals surface area contributed by atoms with Crippen molar-refractivity contribution >= 4 is 17.6 Å². The Labute approximate surface area is 162 Å². The predicted octanol–water partition coefficient (Wildman–Crippen LogP) is 3.94. The molecular weight excluding hydrogens is 358 g/mol. The first kappa shape index (κ1) is 19.3. The molecule has 0 unspecified atom stereocenters. The molecule has 0 aliphatic heterocycles. The highest BCUT2D eigenvalue weighted by Gasteiger charge is 2.17. The molecule has 0 aliphatic rings. The molecule has 0 bridgehead atoms. The number of hydrogen-bond donors (Lipinski definition) is 1. The van der Waals surface area contributed by atoms with Gasteiger partial charge in [0.2, 0.25) is 0 Å². The van der Waals surface area contributed by atoms with Crippen LogP contribution in [0.25, 0.3) is 0 Å². The number of aromatic nitrogens is 2. The molecule has 0 saturated heterocycles. The summed E-state index contributed by atoms with van der Waals surface area (Å²) in [5.74, 6) is -0.0714. The minimum atomic E-state index is -0.588. The van der Waals surface area contributed by atoms with Crippen LogP contribution in [0.3, 0.4) is 0 Å². The first-order valence-corrected chi connectivity index (χ1v) is 9.02. The topological polar surface area (TPSA) is 94.3 Å². The van der Waals surface area contributed by atoms with Crippen LogP contribution in [0.4, 0.5) is 5.69 Å². The maximum Gasteiger partial charge on any atom is 0.340 e. The lowest BCUT2D eigenvalue weighted by Gasteiger charge is -2.10. The van der Waals surface area contributed by atoms with Crippen molar-refractivity contribution in [2.45, 2.75) is 33.3 Å². The largest absolute Gasteiger partial charge is 0.452 e. The summed E-state index contributed by atoms with van der Waals surface area (Å²) in [7, 11) is 0. The molecule has 0 spiro atoms. The number of aryl methyl sites for hydroxylation is 2. The highest BCUT2D eigenvalue weighted by Crippen LogP contribution is 2.18. The van der Waals surface area contributed by atoms with Gasteiger partial charge in [0.05, 0.1) is 11.3 Å². The minimum Gasteiger partial charge on any atom is -0.452 e. The van der Waals surface area contributed by atoms with E-state index in [4.69, 9.17) is 9.26 Å². The number of anilines is 1. The van der Waals surface area contributed by atoms with E-state index in [0.29, 0.717) is 23.5 Å². The van der Waals surface area contributed by atoms with Crippen LogP contribution in [0.5, 0.6) is 0 Å². The predicted molar refractivity (Wildman–Crippen MR) is 103 cm³/mol. The summed E-state index contributed by atoms with van der Waals surface area (Å²) in [6.45, 7) is 3.79. The third-order valence-corrected chi connectivity index (χ3v) is 3.99. The van der Waals surface area contributed by atoms with Gasteiger partial charge in [-0.15, -0.1) is 0 Å². The van der Waals surface area contributed by atoms with Crippen molar-refractivity contribution in [1.29, 1.82) is 0 Å². The second-order valence-electron chi connectivity index (χ2n) is 6.30. The summed E-state index contributed by atoms with van der Waals surface area (Å²) in [5, 5.41) is 6.58. The Balaban J connectivity index is 1.68. The molecule has 28 heavy (non-hydrogen) atoms. The number of hydrogen-bond acceptors (Lipinski definition) is 6. The Morgan fingerprint density at radius 2 is 1.96 bits per heavy atom. The Kier molecular flexibility index (Phi) is 6.16. The van der Waals surface area contributed by atoms with Crippen LogP contribution in [0, 0.1) is 6.92 Å². The molecule has 1 aromatic heterocycles. The van der Waals surface area contributed by atoms with E-state index in [2.05, 4.69) is 15.5 Å². The molecule has 144 valence electrons. The summed E-state index contributed by atoms with van der Waals surface area (Å²) in [4.78, 5) is 29.1. The number of nitrogens with zero attached hydrogens (tertiary/aromatic N) is 2. The van der Waals surface area contributed by atoms with Gasteiger partial charge in [-0.2, -0.15) is 4.98 Å². The van der Waals surface area contributed by atoms with Gasteiger partial charge in [0.1, 0.15) is 0 Å². The molecule has 3 aromatic rings. The molecule has 0 radical (unpaired) electrons. The maximum atomic E-state index is 12.5. The Morgan fingerprint density at radius 1 is 1.14 bits per heavy atom. The van der Waals surface area contributed by atoms with Gasteiger partial charge in [0, 0.05) is 12.0 Å². The molecule has 1 amide bonds. The molecule has 1 heterocycles.